The van der Waals surface area contributed by atoms with E-state index in [1.54, 1.807) is 0 Å². The van der Waals surface area contributed by atoms with Crippen LogP contribution in [0.3, 0.4) is 0 Å². The second kappa shape index (κ2) is 8.44. The van der Waals surface area contributed by atoms with E-state index in [0.717, 1.165) is 50.2 Å². The Hall–Kier alpha value is -4.82. The summed E-state index contributed by atoms with van der Waals surface area (Å²) in [6.45, 7) is 0. The smallest absolute Gasteiger partial charge is 0.160 e. The van der Waals surface area contributed by atoms with Crippen LogP contribution in [0.25, 0.3) is 61.3 Å². The quantitative estimate of drug-likeness (QED) is 0.255. The van der Waals surface area contributed by atoms with Crippen LogP contribution < -0.4 is 0 Å². The van der Waals surface area contributed by atoms with Crippen LogP contribution in [0.5, 0.6) is 0 Å². The fourth-order valence-corrected chi connectivity index (χ4v) is 5.21. The summed E-state index contributed by atoms with van der Waals surface area (Å²) in [5.41, 5.74) is 7.95. The van der Waals surface area contributed by atoms with Gasteiger partial charge in [-0.05, 0) is 34.9 Å². The van der Waals surface area contributed by atoms with E-state index in [0.29, 0.717) is 0 Å². The predicted octanol–water partition coefficient (Wildman–Crippen LogP) is 9.35. The van der Waals surface area contributed by atoms with Crippen LogP contribution in [0.15, 0.2) is 144 Å². The first-order valence-electron chi connectivity index (χ1n) is 12.2. The van der Waals surface area contributed by atoms with Gasteiger partial charge in [-0.15, -0.1) is 0 Å². The Bertz CT molecular complexity index is 1820. The van der Waals surface area contributed by atoms with Gasteiger partial charge in [-0.1, -0.05) is 115 Å². The van der Waals surface area contributed by atoms with Gasteiger partial charge in [-0.3, -0.25) is 0 Å². The van der Waals surface area contributed by atoms with Gasteiger partial charge in [0.1, 0.15) is 5.76 Å². The molecule has 0 aliphatic carbocycles. The lowest BCUT2D eigenvalue weighted by molar-refractivity contribution is 0.599. The van der Waals surface area contributed by atoms with Gasteiger partial charge in [0.15, 0.2) is 5.76 Å². The average Bonchev–Trinajstić information content (AvgIpc) is 3.53. The van der Waals surface area contributed by atoms with E-state index in [4.69, 9.17) is 4.42 Å². The van der Waals surface area contributed by atoms with E-state index in [1.807, 2.05) is 0 Å². The molecule has 0 fully saturated rings. The van der Waals surface area contributed by atoms with E-state index < -0.39 is 0 Å². The molecule has 3 heterocycles. The lowest BCUT2D eigenvalue weighted by Gasteiger charge is -2.08. The molecule has 36 heavy (non-hydrogen) atoms. The van der Waals surface area contributed by atoms with Crippen LogP contribution in [0.4, 0.5) is 0 Å². The maximum Gasteiger partial charge on any atom is 0.160 e. The Kier molecular flexibility index (Phi) is 4.82. The van der Waals surface area contributed by atoms with Crippen LogP contribution in [0.2, 0.25) is 0 Å². The number of nitrogens with zero attached hydrogens (tertiary/aromatic N) is 1. The van der Waals surface area contributed by atoms with Crippen molar-refractivity contribution in [2.24, 2.45) is 0 Å². The van der Waals surface area contributed by atoms with Gasteiger partial charge >= 0.3 is 0 Å². The summed E-state index contributed by atoms with van der Waals surface area (Å²) in [5, 5.41) is 2.22. The standard InChI is InChI=1S/C34H23NO/c1-3-13-24(14-4-1)27-18-7-8-19-28(27)33-29-20-9-10-21-30(29)34(36-33)32-31(25-15-5-2-6-16-25)23-26-17-11-12-22-35(26)32/h1-23H. The molecule has 7 rings (SSSR count). The molecule has 170 valence electrons. The number of aromatic nitrogens is 1. The summed E-state index contributed by atoms with van der Waals surface area (Å²) in [6.07, 6.45) is 2.12. The molecule has 4 aromatic carbocycles. The van der Waals surface area contributed by atoms with Crippen molar-refractivity contribution in [3.63, 3.8) is 0 Å². The van der Waals surface area contributed by atoms with Crippen molar-refractivity contribution in [2.75, 3.05) is 0 Å². The molecular formula is C34H23NO. The number of hydrogen-bond donors (Lipinski definition) is 0. The number of benzene rings is 4. The number of rotatable bonds is 4. The largest absolute Gasteiger partial charge is 0.453 e. The van der Waals surface area contributed by atoms with Crippen molar-refractivity contribution in [2.45, 2.75) is 0 Å². The highest BCUT2D eigenvalue weighted by Gasteiger charge is 2.23. The molecule has 7 aromatic rings. The molecule has 0 unspecified atom stereocenters. The van der Waals surface area contributed by atoms with Crippen LogP contribution in [-0.2, 0) is 0 Å². The van der Waals surface area contributed by atoms with Crippen molar-refractivity contribution < 1.29 is 4.42 Å². The fraction of sp³-hybridized carbons (Fsp3) is 0. The zero-order chi connectivity index (χ0) is 23.9. The third kappa shape index (κ3) is 3.27. The van der Waals surface area contributed by atoms with Gasteiger partial charge in [0.05, 0.1) is 5.69 Å². The van der Waals surface area contributed by atoms with Gasteiger partial charge in [-0.2, -0.15) is 0 Å². The third-order valence-corrected chi connectivity index (χ3v) is 6.86. The maximum absolute atomic E-state index is 6.91. The topological polar surface area (TPSA) is 17.6 Å². The summed E-state index contributed by atoms with van der Waals surface area (Å²) in [4.78, 5) is 0. The van der Waals surface area contributed by atoms with Crippen molar-refractivity contribution >= 4 is 16.3 Å². The van der Waals surface area contributed by atoms with E-state index in [-0.39, 0.29) is 0 Å². The fourth-order valence-electron chi connectivity index (χ4n) is 5.21. The molecule has 0 aliphatic rings. The number of furan rings is 1. The number of pyridine rings is 1. The molecular weight excluding hydrogens is 438 g/mol. The Morgan fingerprint density at radius 2 is 1.00 bits per heavy atom. The molecule has 0 saturated carbocycles. The molecule has 0 spiro atoms. The predicted molar refractivity (Wildman–Crippen MR) is 149 cm³/mol. The molecule has 0 bridgehead atoms. The molecule has 0 atom stereocenters. The summed E-state index contributed by atoms with van der Waals surface area (Å²) < 4.78 is 9.14. The van der Waals surface area contributed by atoms with Gasteiger partial charge in [0, 0.05) is 33.6 Å². The van der Waals surface area contributed by atoms with Crippen molar-refractivity contribution in [3.8, 4) is 45.0 Å². The van der Waals surface area contributed by atoms with Gasteiger partial charge < -0.3 is 8.82 Å². The van der Waals surface area contributed by atoms with E-state index >= 15 is 0 Å². The number of hydrogen-bond acceptors (Lipinski definition) is 1. The highest BCUT2D eigenvalue weighted by atomic mass is 16.3. The minimum absolute atomic E-state index is 0.883. The Morgan fingerprint density at radius 3 is 1.72 bits per heavy atom. The van der Waals surface area contributed by atoms with Crippen molar-refractivity contribution in [1.82, 2.24) is 4.40 Å². The van der Waals surface area contributed by atoms with Crippen molar-refractivity contribution in [1.29, 1.82) is 0 Å². The van der Waals surface area contributed by atoms with Crippen LogP contribution in [-0.4, -0.2) is 4.40 Å². The normalized spacial score (nSPS) is 11.3. The minimum Gasteiger partial charge on any atom is -0.453 e. The third-order valence-electron chi connectivity index (χ3n) is 6.86. The van der Waals surface area contributed by atoms with Crippen LogP contribution in [0, 0.1) is 0 Å². The molecule has 0 aliphatic heterocycles. The SMILES string of the molecule is c1ccc(-c2ccccc2-c2oc(-c3c(-c4ccccc4)cc4ccccn34)c3ccccc23)cc1. The van der Waals surface area contributed by atoms with E-state index in [1.165, 1.54) is 11.1 Å². The monoisotopic (exact) mass is 461 g/mol. The van der Waals surface area contributed by atoms with Crippen LogP contribution in [0.1, 0.15) is 0 Å². The molecule has 0 radical (unpaired) electrons. The van der Waals surface area contributed by atoms with E-state index in [2.05, 4.69) is 144 Å². The van der Waals surface area contributed by atoms with Gasteiger partial charge in [-0.25, -0.2) is 0 Å². The molecule has 3 aromatic heterocycles. The zero-order valence-electron chi connectivity index (χ0n) is 19.6. The Labute approximate surface area is 209 Å². The molecule has 2 heteroatoms. The Balaban J connectivity index is 1.54. The second-order valence-electron chi connectivity index (χ2n) is 8.99. The summed E-state index contributed by atoms with van der Waals surface area (Å²) in [5.74, 6) is 1.78. The first-order chi connectivity index (χ1) is 17.9. The summed E-state index contributed by atoms with van der Waals surface area (Å²) in [7, 11) is 0. The summed E-state index contributed by atoms with van der Waals surface area (Å²) in [6, 6.07) is 46.6. The maximum atomic E-state index is 6.91. The first-order valence-corrected chi connectivity index (χ1v) is 12.2. The lowest BCUT2D eigenvalue weighted by Crippen LogP contribution is -1.88. The van der Waals surface area contributed by atoms with Gasteiger partial charge in [0.25, 0.3) is 0 Å². The average molecular weight is 462 g/mol. The highest BCUT2D eigenvalue weighted by Crippen LogP contribution is 2.45. The van der Waals surface area contributed by atoms with Crippen LogP contribution >= 0.6 is 0 Å². The first kappa shape index (κ1) is 20.5. The Morgan fingerprint density at radius 1 is 0.444 bits per heavy atom. The highest BCUT2D eigenvalue weighted by molar-refractivity contribution is 6.06. The van der Waals surface area contributed by atoms with E-state index in [9.17, 15) is 0 Å². The van der Waals surface area contributed by atoms with Gasteiger partial charge in [0.2, 0.25) is 0 Å². The second-order valence-corrected chi connectivity index (χ2v) is 8.99. The zero-order valence-corrected chi connectivity index (χ0v) is 19.6. The molecule has 0 saturated heterocycles. The molecule has 0 N–H and O–H groups in total. The molecule has 2 nitrogen and oxygen atoms in total. The lowest BCUT2D eigenvalue weighted by atomic mass is 9.96. The van der Waals surface area contributed by atoms with Crippen molar-refractivity contribution in [3.05, 3.63) is 140 Å². The minimum atomic E-state index is 0.883. The number of fused-ring (bicyclic) bond motifs is 2. The molecule has 0 amide bonds. The summed E-state index contributed by atoms with van der Waals surface area (Å²) >= 11 is 0.